The molecule has 114 valence electrons. The lowest BCUT2D eigenvalue weighted by Crippen LogP contribution is -2.19. The summed E-state index contributed by atoms with van der Waals surface area (Å²) in [7, 11) is 0. The monoisotopic (exact) mass is 360 g/mol. The molecule has 1 fully saturated rings. The van der Waals surface area contributed by atoms with E-state index in [0.717, 1.165) is 23.0 Å². The Kier molecular flexibility index (Phi) is 4.68. The van der Waals surface area contributed by atoms with Crippen LogP contribution in [0, 0.1) is 0 Å². The summed E-state index contributed by atoms with van der Waals surface area (Å²) < 4.78 is 0.913. The smallest absolute Gasteiger partial charge is 0.274 e. The number of benzene rings is 1. The minimum atomic E-state index is -0.241. The van der Waals surface area contributed by atoms with E-state index in [1.165, 1.54) is 12.8 Å². The molecule has 1 aromatic heterocycles. The van der Waals surface area contributed by atoms with Crippen molar-refractivity contribution < 1.29 is 4.79 Å². The van der Waals surface area contributed by atoms with Crippen LogP contribution in [-0.4, -0.2) is 21.9 Å². The molecule has 0 spiro atoms. The van der Waals surface area contributed by atoms with E-state index < -0.39 is 0 Å². The van der Waals surface area contributed by atoms with E-state index >= 15 is 0 Å². The van der Waals surface area contributed by atoms with Gasteiger partial charge in [-0.25, -0.2) is 9.97 Å². The summed E-state index contributed by atoms with van der Waals surface area (Å²) in [4.78, 5) is 20.8. The van der Waals surface area contributed by atoms with Gasteiger partial charge >= 0.3 is 0 Å². The topological polar surface area (TPSA) is 66.9 Å². The molecule has 0 bridgehead atoms. The van der Waals surface area contributed by atoms with Crippen LogP contribution in [0.2, 0.25) is 0 Å². The van der Waals surface area contributed by atoms with E-state index in [-0.39, 0.29) is 5.91 Å². The van der Waals surface area contributed by atoms with Crippen molar-refractivity contribution >= 4 is 33.5 Å². The van der Waals surface area contributed by atoms with Crippen LogP contribution in [0.1, 0.15) is 36.2 Å². The van der Waals surface area contributed by atoms with Crippen LogP contribution in [0.4, 0.5) is 11.6 Å². The zero-order valence-electron chi connectivity index (χ0n) is 12.1. The minimum Gasteiger partial charge on any atom is -0.351 e. The third-order valence-corrected chi connectivity index (χ3v) is 4.15. The number of hydrogen-bond donors (Lipinski definition) is 2. The van der Waals surface area contributed by atoms with Crippen molar-refractivity contribution in [2.75, 3.05) is 10.6 Å². The fraction of sp³-hybridized carbons (Fsp3) is 0.312. The Morgan fingerprint density at radius 1 is 1.23 bits per heavy atom. The molecule has 1 aliphatic rings. The first-order valence-corrected chi connectivity index (χ1v) is 8.16. The van der Waals surface area contributed by atoms with Crippen molar-refractivity contribution in [2.24, 2.45) is 0 Å². The van der Waals surface area contributed by atoms with Gasteiger partial charge in [-0.1, -0.05) is 34.8 Å². The van der Waals surface area contributed by atoms with Crippen LogP contribution in [-0.2, 0) is 0 Å². The molecule has 0 saturated heterocycles. The number of anilines is 2. The van der Waals surface area contributed by atoms with Crippen LogP contribution in [0.25, 0.3) is 0 Å². The summed E-state index contributed by atoms with van der Waals surface area (Å²) in [5.41, 5.74) is 1.08. The Labute approximate surface area is 137 Å². The van der Waals surface area contributed by atoms with E-state index in [1.54, 1.807) is 12.3 Å². The molecule has 1 aliphatic carbocycles. The fourth-order valence-corrected chi connectivity index (χ4v) is 2.97. The Morgan fingerprint density at radius 2 is 2.05 bits per heavy atom. The zero-order chi connectivity index (χ0) is 15.4. The van der Waals surface area contributed by atoms with Crippen LogP contribution in [0.15, 0.2) is 41.0 Å². The Morgan fingerprint density at radius 3 is 2.82 bits per heavy atom. The average Bonchev–Trinajstić information content (AvgIpc) is 3.00. The quantitative estimate of drug-likeness (QED) is 0.868. The largest absolute Gasteiger partial charge is 0.351 e. The SMILES string of the molecule is O=C(Nc1cccc(Br)c1)c1ccnc(NC2CCCC2)n1. The van der Waals surface area contributed by atoms with Crippen LogP contribution >= 0.6 is 15.9 Å². The first-order valence-electron chi connectivity index (χ1n) is 7.37. The molecular formula is C16H17BrN4O. The molecule has 1 heterocycles. The summed E-state index contributed by atoms with van der Waals surface area (Å²) >= 11 is 3.38. The zero-order valence-corrected chi connectivity index (χ0v) is 13.6. The summed E-state index contributed by atoms with van der Waals surface area (Å²) in [5, 5.41) is 6.13. The molecule has 0 atom stereocenters. The third-order valence-electron chi connectivity index (χ3n) is 3.66. The highest BCUT2D eigenvalue weighted by molar-refractivity contribution is 9.10. The molecular weight excluding hydrogens is 344 g/mol. The molecule has 1 aromatic carbocycles. The van der Waals surface area contributed by atoms with Crippen LogP contribution in [0.3, 0.4) is 0 Å². The van der Waals surface area contributed by atoms with E-state index in [4.69, 9.17) is 0 Å². The number of aromatic nitrogens is 2. The van der Waals surface area contributed by atoms with Gasteiger partial charge in [-0.2, -0.15) is 0 Å². The molecule has 0 radical (unpaired) electrons. The summed E-state index contributed by atoms with van der Waals surface area (Å²) in [6, 6.07) is 9.49. The van der Waals surface area contributed by atoms with E-state index in [2.05, 4.69) is 36.5 Å². The maximum absolute atomic E-state index is 12.3. The number of nitrogens with zero attached hydrogens (tertiary/aromatic N) is 2. The van der Waals surface area contributed by atoms with Crippen molar-refractivity contribution in [3.8, 4) is 0 Å². The molecule has 22 heavy (non-hydrogen) atoms. The second kappa shape index (κ2) is 6.87. The van der Waals surface area contributed by atoms with Gasteiger partial charge in [0.1, 0.15) is 5.69 Å². The van der Waals surface area contributed by atoms with Crippen LogP contribution < -0.4 is 10.6 Å². The van der Waals surface area contributed by atoms with Gasteiger partial charge in [0, 0.05) is 22.4 Å². The maximum atomic E-state index is 12.3. The standard InChI is InChI=1S/C16H17BrN4O/c17-11-4-3-7-13(10-11)19-15(22)14-8-9-18-16(21-14)20-12-5-1-2-6-12/h3-4,7-10,12H,1-2,5-6H2,(H,19,22)(H,18,20,21). The Balaban J connectivity index is 1.69. The summed E-state index contributed by atoms with van der Waals surface area (Å²) in [6.07, 6.45) is 6.36. The van der Waals surface area contributed by atoms with E-state index in [9.17, 15) is 4.79 Å². The van der Waals surface area contributed by atoms with Crippen molar-refractivity contribution in [2.45, 2.75) is 31.7 Å². The second-order valence-electron chi connectivity index (χ2n) is 5.36. The first-order chi connectivity index (χ1) is 10.7. The van der Waals surface area contributed by atoms with Gasteiger partial charge in [-0.3, -0.25) is 4.79 Å². The number of nitrogens with one attached hydrogen (secondary N) is 2. The predicted molar refractivity (Wildman–Crippen MR) is 90.0 cm³/mol. The van der Waals surface area contributed by atoms with Gasteiger partial charge in [-0.05, 0) is 37.1 Å². The number of carbonyl (C=O) groups excluding carboxylic acids is 1. The normalized spacial score (nSPS) is 14.8. The first kappa shape index (κ1) is 15.0. The summed E-state index contributed by atoms with van der Waals surface area (Å²) in [6.45, 7) is 0. The molecule has 0 unspecified atom stereocenters. The highest BCUT2D eigenvalue weighted by Crippen LogP contribution is 2.21. The van der Waals surface area contributed by atoms with Gasteiger partial charge in [0.25, 0.3) is 5.91 Å². The number of amides is 1. The molecule has 3 rings (SSSR count). The average molecular weight is 361 g/mol. The van der Waals surface area contributed by atoms with Crippen molar-refractivity contribution in [1.29, 1.82) is 0 Å². The molecule has 1 saturated carbocycles. The second-order valence-corrected chi connectivity index (χ2v) is 6.27. The van der Waals surface area contributed by atoms with E-state index in [1.807, 2.05) is 24.3 Å². The van der Waals surface area contributed by atoms with Gasteiger partial charge in [-0.15, -0.1) is 0 Å². The highest BCUT2D eigenvalue weighted by atomic mass is 79.9. The molecule has 2 aromatic rings. The van der Waals surface area contributed by atoms with E-state index in [0.29, 0.717) is 17.7 Å². The number of carbonyl (C=O) groups is 1. The van der Waals surface area contributed by atoms with Crippen molar-refractivity contribution in [3.63, 3.8) is 0 Å². The van der Waals surface area contributed by atoms with Crippen molar-refractivity contribution in [1.82, 2.24) is 9.97 Å². The van der Waals surface area contributed by atoms with Gasteiger partial charge < -0.3 is 10.6 Å². The van der Waals surface area contributed by atoms with Gasteiger partial charge in [0.05, 0.1) is 0 Å². The lowest BCUT2D eigenvalue weighted by Gasteiger charge is -2.12. The Bertz CT molecular complexity index is 671. The number of rotatable bonds is 4. The molecule has 6 heteroatoms. The number of halogens is 1. The Hall–Kier alpha value is -1.95. The van der Waals surface area contributed by atoms with Gasteiger partial charge in [0.15, 0.2) is 0 Å². The van der Waals surface area contributed by atoms with Crippen LogP contribution in [0.5, 0.6) is 0 Å². The van der Waals surface area contributed by atoms with Gasteiger partial charge in [0.2, 0.25) is 5.95 Å². The molecule has 5 nitrogen and oxygen atoms in total. The highest BCUT2D eigenvalue weighted by Gasteiger charge is 2.16. The fourth-order valence-electron chi connectivity index (χ4n) is 2.57. The molecule has 2 N–H and O–H groups in total. The lowest BCUT2D eigenvalue weighted by molar-refractivity contribution is 0.102. The lowest BCUT2D eigenvalue weighted by atomic mass is 10.2. The third kappa shape index (κ3) is 3.82. The minimum absolute atomic E-state index is 0.241. The van der Waals surface area contributed by atoms with Crippen molar-refractivity contribution in [3.05, 3.63) is 46.7 Å². The number of hydrogen-bond acceptors (Lipinski definition) is 4. The summed E-state index contributed by atoms with van der Waals surface area (Å²) in [5.74, 6) is 0.281. The molecule has 1 amide bonds. The molecule has 0 aliphatic heterocycles. The predicted octanol–water partition coefficient (Wildman–Crippen LogP) is 3.85. The maximum Gasteiger partial charge on any atom is 0.274 e.